The van der Waals surface area contributed by atoms with Crippen LogP contribution in [0.5, 0.6) is 5.75 Å². The van der Waals surface area contributed by atoms with Crippen LogP contribution in [0.15, 0.2) is 53.4 Å². The maximum absolute atomic E-state index is 12.7. The number of benzene rings is 2. The lowest BCUT2D eigenvalue weighted by atomic mass is 10.0. The van der Waals surface area contributed by atoms with Gasteiger partial charge in [-0.25, -0.2) is 8.42 Å². The Balaban J connectivity index is 2.25. The lowest BCUT2D eigenvalue weighted by molar-refractivity contribution is 0.0741. The minimum atomic E-state index is -3.28. The highest BCUT2D eigenvalue weighted by molar-refractivity contribution is 7.90. The highest BCUT2D eigenvalue weighted by atomic mass is 32.2. The molecule has 0 bridgehead atoms. The van der Waals surface area contributed by atoms with Crippen molar-refractivity contribution >= 4 is 15.7 Å². The molecule has 0 N–H and O–H groups in total. The minimum Gasteiger partial charge on any atom is -0.496 e. The number of para-hydroxylation sites is 1. The lowest BCUT2D eigenvalue weighted by Crippen LogP contribution is -2.29. The van der Waals surface area contributed by atoms with Gasteiger partial charge in [0, 0.05) is 24.4 Å². The molecule has 0 heterocycles. The van der Waals surface area contributed by atoms with Crippen LogP contribution in [0.4, 0.5) is 0 Å². The van der Waals surface area contributed by atoms with Crippen LogP contribution in [-0.4, -0.2) is 39.6 Å². The van der Waals surface area contributed by atoms with E-state index in [9.17, 15) is 13.2 Å². The molecule has 1 amide bonds. The molecule has 0 saturated carbocycles. The number of carbonyl (C=O) groups is 1. The highest BCUT2D eigenvalue weighted by Crippen LogP contribution is 2.29. The SMILES string of the molecule is COc1ccccc1[C@@H](C)N(C)C(=O)c1ccc(S(C)(=O)=O)cc1. The Hall–Kier alpha value is -2.34. The van der Waals surface area contributed by atoms with Gasteiger partial charge in [-0.2, -0.15) is 0 Å². The molecule has 0 radical (unpaired) electrons. The summed E-state index contributed by atoms with van der Waals surface area (Å²) in [6.45, 7) is 1.92. The quantitative estimate of drug-likeness (QED) is 0.834. The van der Waals surface area contributed by atoms with Gasteiger partial charge < -0.3 is 9.64 Å². The van der Waals surface area contributed by atoms with E-state index in [2.05, 4.69) is 0 Å². The Morgan fingerprint density at radius 1 is 1.08 bits per heavy atom. The summed E-state index contributed by atoms with van der Waals surface area (Å²) in [5.74, 6) is 0.533. The fourth-order valence-electron chi connectivity index (χ4n) is 2.44. The molecule has 6 heteroatoms. The number of methoxy groups -OCH3 is 1. The molecule has 0 aliphatic heterocycles. The second-order valence-electron chi connectivity index (χ2n) is 5.63. The predicted octanol–water partition coefficient (Wildman–Crippen LogP) is 2.93. The number of ether oxygens (including phenoxy) is 1. The number of sulfone groups is 1. The molecule has 0 aromatic heterocycles. The summed E-state index contributed by atoms with van der Waals surface area (Å²) >= 11 is 0. The van der Waals surface area contributed by atoms with Crippen LogP contribution >= 0.6 is 0 Å². The summed E-state index contributed by atoms with van der Waals surface area (Å²) < 4.78 is 28.4. The first kappa shape index (κ1) is 18.0. The molecule has 2 rings (SSSR count). The Morgan fingerprint density at radius 3 is 2.21 bits per heavy atom. The zero-order chi connectivity index (χ0) is 17.9. The molecule has 0 unspecified atom stereocenters. The highest BCUT2D eigenvalue weighted by Gasteiger charge is 2.21. The number of carbonyl (C=O) groups excluding carboxylic acids is 1. The van der Waals surface area contributed by atoms with Gasteiger partial charge in [-0.05, 0) is 37.3 Å². The first-order valence-electron chi connectivity index (χ1n) is 7.46. The summed E-state index contributed by atoms with van der Waals surface area (Å²) in [7, 11) is 0.0315. The van der Waals surface area contributed by atoms with E-state index < -0.39 is 9.84 Å². The molecule has 0 aliphatic rings. The van der Waals surface area contributed by atoms with Gasteiger partial charge in [0.05, 0.1) is 18.0 Å². The maximum atomic E-state index is 12.7. The summed E-state index contributed by atoms with van der Waals surface area (Å²) in [5, 5.41) is 0. The van der Waals surface area contributed by atoms with Crippen LogP contribution in [0, 0.1) is 0 Å². The molecular formula is C18H21NO4S. The van der Waals surface area contributed by atoms with E-state index in [1.165, 1.54) is 24.3 Å². The predicted molar refractivity (Wildman–Crippen MR) is 93.1 cm³/mol. The number of amides is 1. The Morgan fingerprint density at radius 2 is 1.67 bits per heavy atom. The van der Waals surface area contributed by atoms with Crippen LogP contribution < -0.4 is 4.74 Å². The second kappa shape index (κ2) is 7.05. The third-order valence-electron chi connectivity index (χ3n) is 4.02. The molecule has 2 aromatic carbocycles. The fraction of sp³-hybridized carbons (Fsp3) is 0.278. The molecule has 0 saturated heterocycles. The summed E-state index contributed by atoms with van der Waals surface area (Å²) in [6, 6.07) is 13.3. The van der Waals surface area contributed by atoms with E-state index >= 15 is 0 Å². The average Bonchev–Trinajstić information content (AvgIpc) is 2.59. The zero-order valence-corrected chi connectivity index (χ0v) is 15.0. The Kier molecular flexibility index (Phi) is 5.29. The van der Waals surface area contributed by atoms with Crippen molar-refractivity contribution in [2.75, 3.05) is 20.4 Å². The standard InChI is InChI=1S/C18H21NO4S/c1-13(16-7-5-6-8-17(16)23-3)19(2)18(20)14-9-11-15(12-10-14)24(4,21)22/h5-13H,1-4H3/t13-/m1/s1. The number of rotatable bonds is 5. The molecule has 5 nitrogen and oxygen atoms in total. The van der Waals surface area contributed by atoms with Crippen molar-refractivity contribution in [1.82, 2.24) is 4.90 Å². The molecule has 128 valence electrons. The largest absolute Gasteiger partial charge is 0.496 e. The maximum Gasteiger partial charge on any atom is 0.254 e. The van der Waals surface area contributed by atoms with Gasteiger partial charge in [0.15, 0.2) is 9.84 Å². The molecule has 0 spiro atoms. The molecular weight excluding hydrogens is 326 g/mol. The molecule has 0 fully saturated rings. The summed E-state index contributed by atoms with van der Waals surface area (Å²) in [4.78, 5) is 14.5. The van der Waals surface area contributed by atoms with E-state index in [4.69, 9.17) is 4.74 Å². The van der Waals surface area contributed by atoms with Crippen LogP contribution in [0.3, 0.4) is 0 Å². The Bertz CT molecular complexity index is 828. The van der Waals surface area contributed by atoms with Gasteiger partial charge >= 0.3 is 0 Å². The normalized spacial score (nSPS) is 12.5. The average molecular weight is 347 g/mol. The van der Waals surface area contributed by atoms with Crippen molar-refractivity contribution in [3.63, 3.8) is 0 Å². The first-order valence-corrected chi connectivity index (χ1v) is 9.35. The van der Waals surface area contributed by atoms with Crippen molar-refractivity contribution < 1.29 is 17.9 Å². The van der Waals surface area contributed by atoms with Crippen LogP contribution in [0.25, 0.3) is 0 Å². The van der Waals surface area contributed by atoms with Gasteiger partial charge in [0.25, 0.3) is 5.91 Å². The number of hydrogen-bond donors (Lipinski definition) is 0. The topological polar surface area (TPSA) is 63.7 Å². The van der Waals surface area contributed by atoms with E-state index in [1.54, 1.807) is 19.1 Å². The van der Waals surface area contributed by atoms with E-state index in [-0.39, 0.29) is 16.8 Å². The Labute approximate surface area is 142 Å². The van der Waals surface area contributed by atoms with Crippen molar-refractivity contribution in [2.24, 2.45) is 0 Å². The zero-order valence-electron chi connectivity index (χ0n) is 14.2. The molecule has 2 aromatic rings. The molecule has 1 atom stereocenters. The van der Waals surface area contributed by atoms with Crippen LogP contribution in [0.2, 0.25) is 0 Å². The monoisotopic (exact) mass is 347 g/mol. The molecule has 0 aliphatic carbocycles. The van der Waals surface area contributed by atoms with Crippen molar-refractivity contribution in [3.05, 3.63) is 59.7 Å². The van der Waals surface area contributed by atoms with Crippen LogP contribution in [0.1, 0.15) is 28.9 Å². The number of nitrogens with zero attached hydrogens (tertiary/aromatic N) is 1. The minimum absolute atomic E-state index is 0.187. The van der Waals surface area contributed by atoms with Gasteiger partial charge in [0.1, 0.15) is 5.75 Å². The van der Waals surface area contributed by atoms with E-state index in [0.29, 0.717) is 5.56 Å². The first-order chi connectivity index (χ1) is 11.3. The third kappa shape index (κ3) is 3.76. The van der Waals surface area contributed by atoms with E-state index in [1.807, 2.05) is 31.2 Å². The van der Waals surface area contributed by atoms with Crippen molar-refractivity contribution in [3.8, 4) is 5.75 Å². The van der Waals surface area contributed by atoms with Gasteiger partial charge in [-0.1, -0.05) is 18.2 Å². The fourth-order valence-corrected chi connectivity index (χ4v) is 3.07. The summed E-state index contributed by atoms with van der Waals surface area (Å²) in [5.41, 5.74) is 1.34. The summed E-state index contributed by atoms with van der Waals surface area (Å²) in [6.07, 6.45) is 1.14. The van der Waals surface area contributed by atoms with Crippen molar-refractivity contribution in [2.45, 2.75) is 17.9 Å². The number of hydrogen-bond acceptors (Lipinski definition) is 4. The third-order valence-corrected chi connectivity index (χ3v) is 5.15. The smallest absolute Gasteiger partial charge is 0.254 e. The van der Waals surface area contributed by atoms with Crippen molar-refractivity contribution in [1.29, 1.82) is 0 Å². The van der Waals surface area contributed by atoms with Gasteiger partial charge in [-0.15, -0.1) is 0 Å². The second-order valence-corrected chi connectivity index (χ2v) is 7.65. The van der Waals surface area contributed by atoms with Crippen LogP contribution in [-0.2, 0) is 9.84 Å². The van der Waals surface area contributed by atoms with Gasteiger partial charge in [0.2, 0.25) is 0 Å². The molecule has 24 heavy (non-hydrogen) atoms. The lowest BCUT2D eigenvalue weighted by Gasteiger charge is -2.26. The van der Waals surface area contributed by atoms with Gasteiger partial charge in [-0.3, -0.25) is 4.79 Å². The van der Waals surface area contributed by atoms with E-state index in [0.717, 1.165) is 17.6 Å².